The van der Waals surface area contributed by atoms with Crippen molar-refractivity contribution >= 4 is 28.6 Å². The van der Waals surface area contributed by atoms with E-state index >= 15 is 0 Å². The first-order valence-electron chi connectivity index (χ1n) is 6.15. The quantitative estimate of drug-likeness (QED) is 0.512. The minimum Gasteiger partial charge on any atom is -0.393 e. The van der Waals surface area contributed by atoms with Crippen molar-refractivity contribution in [1.29, 1.82) is 0 Å². The van der Waals surface area contributed by atoms with E-state index in [9.17, 15) is 14.9 Å². The van der Waals surface area contributed by atoms with E-state index in [2.05, 4.69) is 10.3 Å². The maximum atomic E-state index is 12.1. The molecule has 2 aromatic rings. The number of nitrogen functional groups attached to an aromatic ring is 1. The predicted octanol–water partition coefficient (Wildman–Crippen LogP) is 2.43. The van der Waals surface area contributed by atoms with Crippen LogP contribution in [0.3, 0.4) is 0 Å². The van der Waals surface area contributed by atoms with Gasteiger partial charge in [0, 0.05) is 22.7 Å². The minimum atomic E-state index is -0.611. The topological polar surface area (TPSA) is 111 Å². The van der Waals surface area contributed by atoms with Gasteiger partial charge in [-0.25, -0.2) is 4.98 Å². The first-order chi connectivity index (χ1) is 9.88. The molecule has 7 nitrogen and oxygen atoms in total. The average molecular weight is 306 g/mol. The maximum absolute atomic E-state index is 12.1. The third kappa shape index (κ3) is 3.34. The van der Waals surface area contributed by atoms with E-state index in [1.807, 2.05) is 19.2 Å². The van der Waals surface area contributed by atoms with Gasteiger partial charge in [0.25, 0.3) is 11.6 Å². The van der Waals surface area contributed by atoms with Gasteiger partial charge in [0.2, 0.25) is 0 Å². The van der Waals surface area contributed by atoms with Gasteiger partial charge in [0.1, 0.15) is 10.7 Å². The number of aryl methyl sites for hydroxylation is 1. The summed E-state index contributed by atoms with van der Waals surface area (Å²) in [5, 5.41) is 16.3. The molecule has 1 atom stereocenters. The zero-order valence-corrected chi connectivity index (χ0v) is 12.3. The number of nitrogens with two attached hydrogens (primary N) is 1. The summed E-state index contributed by atoms with van der Waals surface area (Å²) in [6.45, 7) is 3.68. The van der Waals surface area contributed by atoms with E-state index in [0.29, 0.717) is 0 Å². The number of nitrogens with one attached hydrogen (secondary N) is 1. The van der Waals surface area contributed by atoms with Crippen LogP contribution < -0.4 is 11.1 Å². The van der Waals surface area contributed by atoms with Crippen LogP contribution in [0, 0.1) is 17.0 Å². The number of hydrogen-bond acceptors (Lipinski definition) is 6. The Morgan fingerprint density at radius 1 is 1.52 bits per heavy atom. The van der Waals surface area contributed by atoms with Crippen LogP contribution in [0.2, 0.25) is 0 Å². The molecule has 1 aromatic carbocycles. The molecule has 0 radical (unpaired) electrons. The highest BCUT2D eigenvalue weighted by atomic mass is 32.1. The highest BCUT2D eigenvalue weighted by Crippen LogP contribution is 2.23. The van der Waals surface area contributed by atoms with E-state index < -0.39 is 10.8 Å². The molecule has 8 heteroatoms. The molecule has 0 aliphatic carbocycles. The van der Waals surface area contributed by atoms with Crippen LogP contribution in [-0.2, 0) is 0 Å². The predicted molar refractivity (Wildman–Crippen MR) is 80.2 cm³/mol. The van der Waals surface area contributed by atoms with E-state index in [1.54, 1.807) is 0 Å². The van der Waals surface area contributed by atoms with Crippen LogP contribution in [0.5, 0.6) is 0 Å². The fourth-order valence-electron chi connectivity index (χ4n) is 1.76. The Labute approximate surface area is 125 Å². The second-order valence-corrected chi connectivity index (χ2v) is 5.44. The van der Waals surface area contributed by atoms with Gasteiger partial charge in [-0.05, 0) is 26.0 Å². The van der Waals surface area contributed by atoms with Crippen LogP contribution in [0.4, 0.5) is 11.4 Å². The van der Waals surface area contributed by atoms with Gasteiger partial charge in [-0.15, -0.1) is 11.3 Å². The number of amides is 1. The number of hydrogen-bond donors (Lipinski definition) is 2. The molecule has 0 aliphatic rings. The fourth-order valence-corrected chi connectivity index (χ4v) is 2.56. The van der Waals surface area contributed by atoms with Crippen molar-refractivity contribution in [2.24, 2.45) is 0 Å². The lowest BCUT2D eigenvalue weighted by Gasteiger charge is -2.11. The average Bonchev–Trinajstić information content (AvgIpc) is 2.85. The van der Waals surface area contributed by atoms with Gasteiger partial charge in [-0.2, -0.15) is 0 Å². The number of thiazole rings is 1. The fraction of sp³-hybridized carbons (Fsp3) is 0.231. The van der Waals surface area contributed by atoms with Crippen LogP contribution in [-0.4, -0.2) is 15.8 Å². The molecule has 0 spiro atoms. The van der Waals surface area contributed by atoms with Crippen molar-refractivity contribution in [3.63, 3.8) is 0 Å². The molecule has 1 amide bonds. The summed E-state index contributed by atoms with van der Waals surface area (Å²) in [7, 11) is 0. The summed E-state index contributed by atoms with van der Waals surface area (Å²) in [5.74, 6) is -0.404. The number of nitro groups is 1. The zero-order chi connectivity index (χ0) is 15.6. The molecule has 1 heterocycles. The van der Waals surface area contributed by atoms with Gasteiger partial charge in [0.15, 0.2) is 0 Å². The zero-order valence-electron chi connectivity index (χ0n) is 11.5. The summed E-state index contributed by atoms with van der Waals surface area (Å²) in [5.41, 5.74) is 6.33. The maximum Gasteiger partial charge on any atom is 0.292 e. The van der Waals surface area contributed by atoms with Crippen molar-refractivity contribution < 1.29 is 9.72 Å². The Bertz CT molecular complexity index is 698. The van der Waals surface area contributed by atoms with Crippen molar-refractivity contribution in [3.05, 3.63) is 50.0 Å². The Kier molecular flexibility index (Phi) is 4.18. The summed E-state index contributed by atoms with van der Waals surface area (Å²) in [6.07, 6.45) is 0. The molecule has 3 N–H and O–H groups in total. The van der Waals surface area contributed by atoms with Crippen LogP contribution in [0.25, 0.3) is 0 Å². The van der Waals surface area contributed by atoms with Crippen molar-refractivity contribution in [1.82, 2.24) is 10.3 Å². The summed E-state index contributed by atoms with van der Waals surface area (Å²) >= 11 is 1.45. The van der Waals surface area contributed by atoms with Crippen molar-refractivity contribution in [3.8, 4) is 0 Å². The SMILES string of the molecule is Cc1csc(C(C)NC(=O)c2ccc(N)c([N+](=O)[O-])c2)n1. The van der Waals surface area contributed by atoms with Gasteiger partial charge in [-0.1, -0.05) is 0 Å². The second kappa shape index (κ2) is 5.88. The van der Waals surface area contributed by atoms with E-state index in [4.69, 9.17) is 5.73 Å². The first kappa shape index (κ1) is 14.9. The standard InChI is InChI=1S/C13H14N4O3S/c1-7-6-21-13(15-7)8(2)16-12(18)9-3-4-10(14)11(5-9)17(19)20/h3-6,8H,14H2,1-2H3,(H,16,18). The number of rotatable bonds is 4. The van der Waals surface area contributed by atoms with Crippen LogP contribution in [0.15, 0.2) is 23.6 Å². The number of carbonyl (C=O) groups excluding carboxylic acids is 1. The highest BCUT2D eigenvalue weighted by molar-refractivity contribution is 7.09. The van der Waals surface area contributed by atoms with Crippen LogP contribution >= 0.6 is 11.3 Å². The Balaban J connectivity index is 2.17. The number of nitrogens with zero attached hydrogens (tertiary/aromatic N) is 2. The second-order valence-electron chi connectivity index (χ2n) is 4.55. The molecule has 0 aliphatic heterocycles. The molecule has 2 rings (SSSR count). The summed E-state index contributed by atoms with van der Waals surface area (Å²) in [4.78, 5) is 26.6. The first-order valence-corrected chi connectivity index (χ1v) is 7.03. The summed E-state index contributed by atoms with van der Waals surface area (Å²) in [6, 6.07) is 3.71. The lowest BCUT2D eigenvalue weighted by atomic mass is 10.1. The number of aromatic nitrogens is 1. The Morgan fingerprint density at radius 3 is 2.81 bits per heavy atom. The minimum absolute atomic E-state index is 0.0279. The lowest BCUT2D eigenvalue weighted by Crippen LogP contribution is -2.26. The normalized spacial score (nSPS) is 11.9. The number of benzene rings is 1. The molecule has 0 saturated heterocycles. The van der Waals surface area contributed by atoms with E-state index in [-0.39, 0.29) is 23.0 Å². The Morgan fingerprint density at radius 2 is 2.24 bits per heavy atom. The molecular weight excluding hydrogens is 292 g/mol. The molecule has 0 bridgehead atoms. The lowest BCUT2D eigenvalue weighted by molar-refractivity contribution is -0.383. The highest BCUT2D eigenvalue weighted by Gasteiger charge is 2.18. The van der Waals surface area contributed by atoms with Crippen molar-refractivity contribution in [2.45, 2.75) is 19.9 Å². The number of anilines is 1. The molecule has 1 aromatic heterocycles. The molecule has 0 fully saturated rings. The largest absolute Gasteiger partial charge is 0.393 e. The molecule has 0 saturated carbocycles. The third-order valence-corrected chi connectivity index (χ3v) is 3.99. The number of carbonyl (C=O) groups is 1. The number of nitro benzene ring substituents is 1. The summed E-state index contributed by atoms with van der Waals surface area (Å²) < 4.78 is 0. The van der Waals surface area contributed by atoms with Crippen LogP contribution in [0.1, 0.15) is 34.0 Å². The molecular formula is C13H14N4O3S. The smallest absolute Gasteiger partial charge is 0.292 e. The van der Waals surface area contributed by atoms with Gasteiger partial charge in [-0.3, -0.25) is 14.9 Å². The van der Waals surface area contributed by atoms with Gasteiger partial charge < -0.3 is 11.1 Å². The van der Waals surface area contributed by atoms with Gasteiger partial charge >= 0.3 is 0 Å². The van der Waals surface area contributed by atoms with E-state index in [1.165, 1.54) is 29.5 Å². The molecule has 1 unspecified atom stereocenters. The third-order valence-electron chi connectivity index (χ3n) is 2.84. The van der Waals surface area contributed by atoms with E-state index in [0.717, 1.165) is 10.7 Å². The Hall–Kier alpha value is -2.48. The van der Waals surface area contributed by atoms with Crippen molar-refractivity contribution in [2.75, 3.05) is 5.73 Å². The molecule has 110 valence electrons. The molecule has 21 heavy (non-hydrogen) atoms. The van der Waals surface area contributed by atoms with Gasteiger partial charge in [0.05, 0.1) is 11.0 Å². The monoisotopic (exact) mass is 306 g/mol.